The zero-order valence-electron chi connectivity index (χ0n) is 20.4. The van der Waals surface area contributed by atoms with Gasteiger partial charge in [0.1, 0.15) is 23.5 Å². The van der Waals surface area contributed by atoms with E-state index >= 15 is 0 Å². The number of hydrogen-bond donors (Lipinski definition) is 4. The Hall–Kier alpha value is -3.70. The maximum absolute atomic E-state index is 13.2. The Balaban J connectivity index is 1.49. The summed E-state index contributed by atoms with van der Waals surface area (Å²) in [6.45, 7) is 4.47. The van der Waals surface area contributed by atoms with Gasteiger partial charge >= 0.3 is 0 Å². The van der Waals surface area contributed by atoms with Gasteiger partial charge in [-0.3, -0.25) is 14.7 Å². The molecule has 0 radical (unpaired) electrons. The Kier molecular flexibility index (Phi) is 6.75. The highest BCUT2D eigenvalue weighted by atomic mass is 16.5. The van der Waals surface area contributed by atoms with Crippen LogP contribution < -0.4 is 10.1 Å². The normalized spacial score (nSPS) is 21.9. The molecule has 1 saturated heterocycles. The van der Waals surface area contributed by atoms with Crippen LogP contribution in [0.15, 0.2) is 29.5 Å². The Labute approximate surface area is 208 Å². The topological polar surface area (TPSA) is 139 Å². The minimum absolute atomic E-state index is 0.0179. The smallest absolute Gasteiger partial charge is 0.239 e. The Morgan fingerprint density at radius 1 is 1.22 bits per heavy atom. The van der Waals surface area contributed by atoms with E-state index in [0.29, 0.717) is 67.3 Å². The summed E-state index contributed by atoms with van der Waals surface area (Å²) >= 11 is 0. The summed E-state index contributed by atoms with van der Waals surface area (Å²) < 4.78 is 6.04. The van der Waals surface area contributed by atoms with Gasteiger partial charge in [0, 0.05) is 45.5 Å². The molecule has 2 aliphatic heterocycles. The minimum Gasteiger partial charge on any atom is -0.494 e. The van der Waals surface area contributed by atoms with Crippen molar-refractivity contribution in [2.75, 3.05) is 45.2 Å². The third kappa shape index (κ3) is 4.84. The third-order valence-corrected chi connectivity index (χ3v) is 6.75. The molecule has 2 atom stereocenters. The van der Waals surface area contributed by atoms with E-state index in [-0.39, 0.29) is 17.8 Å². The van der Waals surface area contributed by atoms with Crippen LogP contribution in [0.5, 0.6) is 11.6 Å². The number of aromatic hydroxyl groups is 1. The van der Waals surface area contributed by atoms with E-state index in [9.17, 15) is 15.0 Å². The zero-order chi connectivity index (χ0) is 25.2. The summed E-state index contributed by atoms with van der Waals surface area (Å²) in [4.78, 5) is 33.0. The molecule has 2 aromatic heterocycles. The lowest BCUT2D eigenvalue weighted by Crippen LogP contribution is -2.45. The van der Waals surface area contributed by atoms with Crippen molar-refractivity contribution in [3.8, 4) is 11.6 Å². The van der Waals surface area contributed by atoms with Crippen LogP contribution in [0, 0.1) is 6.92 Å². The Bertz CT molecular complexity index is 1290. The van der Waals surface area contributed by atoms with E-state index in [1.807, 2.05) is 30.0 Å². The molecule has 1 amide bonds. The molecule has 11 heteroatoms. The number of likely N-dealkylation sites (N-methyl/N-ethyl adjacent to an activating group) is 1. The number of amides is 1. The van der Waals surface area contributed by atoms with Crippen LogP contribution in [-0.4, -0.2) is 99.1 Å². The van der Waals surface area contributed by atoms with Gasteiger partial charge in [-0.25, -0.2) is 9.97 Å². The minimum atomic E-state index is -0.518. The van der Waals surface area contributed by atoms with Gasteiger partial charge in [-0.15, -0.1) is 0 Å². The lowest BCUT2D eigenvalue weighted by atomic mass is 10.1. The number of ether oxygens (including phenoxy) is 1. The number of fused-ring (bicyclic) bond motifs is 3. The number of carbonyl (C=O) groups is 1. The summed E-state index contributed by atoms with van der Waals surface area (Å²) in [5, 5.41) is 24.7. The number of carbonyl (C=O) groups excluding carboxylic acids is 1. The zero-order valence-corrected chi connectivity index (χ0v) is 20.4. The van der Waals surface area contributed by atoms with Gasteiger partial charge in [0.2, 0.25) is 5.91 Å². The Morgan fingerprint density at radius 3 is 2.94 bits per heavy atom. The number of anilines is 1. The monoisotopic (exact) mass is 493 g/mol. The fourth-order valence-corrected chi connectivity index (χ4v) is 4.80. The fourth-order valence-electron chi connectivity index (χ4n) is 4.80. The van der Waals surface area contributed by atoms with Gasteiger partial charge in [-0.05, 0) is 31.4 Å². The molecule has 2 aliphatic rings. The number of nitrogens with one attached hydrogen (secondary N) is 2. The van der Waals surface area contributed by atoms with Crippen molar-refractivity contribution in [2.24, 2.45) is 4.99 Å². The Morgan fingerprint density at radius 2 is 2.08 bits per heavy atom. The molecule has 190 valence electrons. The number of aromatic amines is 1. The molecule has 36 heavy (non-hydrogen) atoms. The van der Waals surface area contributed by atoms with E-state index < -0.39 is 6.10 Å². The molecule has 11 nitrogen and oxygen atoms in total. The van der Waals surface area contributed by atoms with Crippen LogP contribution in [0.25, 0.3) is 11.0 Å². The second-order valence-electron chi connectivity index (χ2n) is 9.33. The molecule has 0 spiro atoms. The number of aliphatic hydroxyl groups is 1. The number of H-pyrrole nitrogens is 1. The molecule has 0 aliphatic carbocycles. The first-order valence-corrected chi connectivity index (χ1v) is 12.1. The predicted molar refractivity (Wildman–Crippen MR) is 136 cm³/mol. The average Bonchev–Trinajstić information content (AvgIpc) is 3.39. The van der Waals surface area contributed by atoms with Crippen LogP contribution in [-0.2, 0) is 4.79 Å². The highest BCUT2D eigenvalue weighted by Crippen LogP contribution is 2.31. The van der Waals surface area contributed by atoms with Crippen molar-refractivity contribution >= 4 is 34.7 Å². The van der Waals surface area contributed by atoms with Gasteiger partial charge in [-0.2, -0.15) is 0 Å². The van der Waals surface area contributed by atoms with Crippen molar-refractivity contribution in [1.82, 2.24) is 24.8 Å². The quantitative estimate of drug-likeness (QED) is 0.372. The van der Waals surface area contributed by atoms with Crippen molar-refractivity contribution in [1.29, 1.82) is 0 Å². The molecular formula is C25H31N7O4. The van der Waals surface area contributed by atoms with Crippen molar-refractivity contribution in [3.05, 3.63) is 35.7 Å². The molecule has 1 fully saturated rings. The number of benzene rings is 1. The summed E-state index contributed by atoms with van der Waals surface area (Å²) in [6, 6.07) is 5.34. The molecule has 1 aromatic carbocycles. The highest BCUT2D eigenvalue weighted by molar-refractivity contribution is 6.06. The molecule has 0 saturated carbocycles. The second kappa shape index (κ2) is 10.1. The summed E-state index contributed by atoms with van der Waals surface area (Å²) in [7, 11) is 1.77. The molecule has 5 rings (SSSR count). The number of nitrogens with zero attached hydrogens (tertiary/aromatic N) is 5. The van der Waals surface area contributed by atoms with E-state index in [4.69, 9.17) is 4.74 Å². The van der Waals surface area contributed by atoms with Crippen molar-refractivity contribution < 1.29 is 19.7 Å². The molecule has 2 bridgehead atoms. The van der Waals surface area contributed by atoms with Crippen molar-refractivity contribution in [3.63, 3.8) is 0 Å². The predicted octanol–water partition coefficient (Wildman–Crippen LogP) is 1.81. The van der Waals surface area contributed by atoms with Crippen molar-refractivity contribution in [2.45, 2.75) is 31.9 Å². The third-order valence-electron chi connectivity index (χ3n) is 6.75. The summed E-state index contributed by atoms with van der Waals surface area (Å²) in [6.07, 6.45) is 3.62. The summed E-state index contributed by atoms with van der Waals surface area (Å²) in [5.74, 6) is 1.18. The maximum atomic E-state index is 13.2. The van der Waals surface area contributed by atoms with Crippen LogP contribution in [0.2, 0.25) is 0 Å². The largest absolute Gasteiger partial charge is 0.494 e. The standard InChI is InChI=1S/C25H31N7O4/c1-15-4-5-16-10-20(15)36-9-3-7-32-13-17(33)11-19(32)25(35)31(2)8-6-26-22-21-18(12-27-16)24(34)30-23(21)29-14-28-22/h4-5,10,12,14,17,19,33-34H,3,6-9,11,13H2,1-2H3,(H2,26,28,29,30)/t17-,19-/m1/s1. The lowest BCUT2D eigenvalue weighted by molar-refractivity contribution is -0.134. The SMILES string of the molecule is Cc1ccc2cc1OCCCN1C[C@H](O)C[C@@H]1C(=O)N(C)CCNc1ncnc3[nH]c(O)c(c13)C=N2. The molecule has 4 N–H and O–H groups in total. The molecule has 4 heterocycles. The first kappa shape index (κ1) is 24.0. The van der Waals surface area contributed by atoms with Crippen LogP contribution in [0.3, 0.4) is 0 Å². The number of aliphatic hydroxyl groups excluding tert-OH is 1. The maximum Gasteiger partial charge on any atom is 0.239 e. The average molecular weight is 494 g/mol. The van der Waals surface area contributed by atoms with Crippen LogP contribution in [0.1, 0.15) is 24.0 Å². The second-order valence-corrected chi connectivity index (χ2v) is 9.33. The van der Waals surface area contributed by atoms with Crippen LogP contribution in [0.4, 0.5) is 11.5 Å². The van der Waals surface area contributed by atoms with Gasteiger partial charge in [0.25, 0.3) is 0 Å². The van der Waals surface area contributed by atoms with E-state index in [1.54, 1.807) is 18.2 Å². The molecule has 3 aromatic rings. The van der Waals surface area contributed by atoms with E-state index in [2.05, 4.69) is 25.3 Å². The number of aliphatic imine (C=N–C) groups is 1. The first-order chi connectivity index (χ1) is 17.4. The summed E-state index contributed by atoms with van der Waals surface area (Å²) in [5.41, 5.74) is 2.61. The van der Waals surface area contributed by atoms with Crippen LogP contribution >= 0.6 is 0 Å². The van der Waals surface area contributed by atoms with Gasteiger partial charge in [0.15, 0.2) is 5.88 Å². The number of aryl methyl sites for hydroxylation is 1. The molecular weight excluding hydrogens is 462 g/mol. The van der Waals surface area contributed by atoms with E-state index in [0.717, 1.165) is 17.7 Å². The number of hydrogen-bond acceptors (Lipinski definition) is 9. The van der Waals surface area contributed by atoms with Gasteiger partial charge < -0.3 is 30.2 Å². The molecule has 0 unspecified atom stereocenters. The first-order valence-electron chi connectivity index (χ1n) is 12.1. The highest BCUT2D eigenvalue weighted by Gasteiger charge is 2.36. The lowest BCUT2D eigenvalue weighted by Gasteiger charge is -2.27. The fraction of sp³-hybridized carbons (Fsp3) is 0.440. The van der Waals surface area contributed by atoms with E-state index in [1.165, 1.54) is 6.33 Å². The van der Waals surface area contributed by atoms with Gasteiger partial charge in [-0.1, -0.05) is 6.07 Å². The van der Waals surface area contributed by atoms with Gasteiger partial charge in [0.05, 0.1) is 35.4 Å². The number of rotatable bonds is 0. The number of aromatic nitrogens is 3.